The van der Waals surface area contributed by atoms with Gasteiger partial charge in [-0.15, -0.1) is 0 Å². The summed E-state index contributed by atoms with van der Waals surface area (Å²) >= 11 is 0. The third-order valence-electron chi connectivity index (χ3n) is 4.08. The van der Waals surface area contributed by atoms with Crippen LogP contribution in [0.3, 0.4) is 0 Å². The Balaban J connectivity index is 1.56. The Labute approximate surface area is 116 Å². The summed E-state index contributed by atoms with van der Waals surface area (Å²) in [6.07, 6.45) is 3.52. The van der Waals surface area contributed by atoms with Crippen LogP contribution in [0, 0.1) is 0 Å². The van der Waals surface area contributed by atoms with Crippen LogP contribution in [0.5, 0.6) is 0 Å². The standard InChI is InChI=1S/C13H26N2O3S/c1-2-19(16,17)8-4-6-14-9-13-10-15-7-3-5-12(15)11-18-13/h12-14H,2-11H2,1H3. The Kier molecular flexibility index (Phi) is 5.62. The predicted octanol–water partition coefficient (Wildman–Crippen LogP) is 0.264. The van der Waals surface area contributed by atoms with Gasteiger partial charge in [-0.2, -0.15) is 0 Å². The van der Waals surface area contributed by atoms with Gasteiger partial charge in [0.2, 0.25) is 0 Å². The van der Waals surface area contributed by atoms with Crippen LogP contribution in [-0.2, 0) is 14.6 Å². The fraction of sp³-hybridized carbons (Fsp3) is 1.00. The summed E-state index contributed by atoms with van der Waals surface area (Å²) in [6.45, 7) is 6.36. The zero-order valence-electron chi connectivity index (χ0n) is 11.8. The highest BCUT2D eigenvalue weighted by atomic mass is 32.2. The first-order valence-electron chi connectivity index (χ1n) is 7.37. The minimum Gasteiger partial charge on any atom is -0.374 e. The van der Waals surface area contributed by atoms with Crippen LogP contribution in [0.2, 0.25) is 0 Å². The maximum absolute atomic E-state index is 11.3. The van der Waals surface area contributed by atoms with Crippen molar-refractivity contribution in [3.8, 4) is 0 Å². The van der Waals surface area contributed by atoms with Crippen molar-refractivity contribution in [1.29, 1.82) is 0 Å². The fourth-order valence-electron chi connectivity index (χ4n) is 2.83. The Morgan fingerprint density at radius 2 is 2.26 bits per heavy atom. The quantitative estimate of drug-likeness (QED) is 0.682. The van der Waals surface area contributed by atoms with Gasteiger partial charge >= 0.3 is 0 Å². The molecule has 2 fully saturated rings. The second kappa shape index (κ2) is 7.02. The van der Waals surface area contributed by atoms with Gasteiger partial charge in [0.1, 0.15) is 9.84 Å². The lowest BCUT2D eigenvalue weighted by Gasteiger charge is -2.35. The highest BCUT2D eigenvalue weighted by molar-refractivity contribution is 7.91. The monoisotopic (exact) mass is 290 g/mol. The molecule has 2 unspecified atom stereocenters. The average molecular weight is 290 g/mol. The van der Waals surface area contributed by atoms with Crippen molar-refractivity contribution in [3.63, 3.8) is 0 Å². The van der Waals surface area contributed by atoms with Crippen LogP contribution in [0.4, 0.5) is 0 Å². The largest absolute Gasteiger partial charge is 0.374 e. The van der Waals surface area contributed by atoms with Crippen LogP contribution >= 0.6 is 0 Å². The van der Waals surface area contributed by atoms with Crippen LogP contribution < -0.4 is 5.32 Å². The van der Waals surface area contributed by atoms with Crippen molar-refractivity contribution in [3.05, 3.63) is 0 Å². The molecule has 0 saturated carbocycles. The van der Waals surface area contributed by atoms with Gasteiger partial charge in [0.05, 0.1) is 18.5 Å². The van der Waals surface area contributed by atoms with Crippen molar-refractivity contribution >= 4 is 9.84 Å². The summed E-state index contributed by atoms with van der Waals surface area (Å²) in [7, 11) is -2.82. The van der Waals surface area contributed by atoms with Crippen molar-refractivity contribution in [2.75, 3.05) is 44.3 Å². The highest BCUT2D eigenvalue weighted by Crippen LogP contribution is 2.22. The van der Waals surface area contributed by atoms with Crippen molar-refractivity contribution in [2.45, 2.75) is 38.3 Å². The molecule has 2 saturated heterocycles. The normalized spacial score (nSPS) is 28.5. The lowest BCUT2D eigenvalue weighted by Crippen LogP contribution is -2.49. The molecule has 0 aromatic rings. The predicted molar refractivity (Wildman–Crippen MR) is 76.1 cm³/mol. The van der Waals surface area contributed by atoms with E-state index in [0.717, 1.165) is 26.2 Å². The maximum Gasteiger partial charge on any atom is 0.150 e. The molecule has 2 heterocycles. The van der Waals surface area contributed by atoms with E-state index in [9.17, 15) is 8.42 Å². The first kappa shape index (κ1) is 15.2. The van der Waals surface area contributed by atoms with Gasteiger partial charge in [0, 0.05) is 24.9 Å². The van der Waals surface area contributed by atoms with Gasteiger partial charge in [-0.05, 0) is 32.4 Å². The smallest absolute Gasteiger partial charge is 0.150 e. The van der Waals surface area contributed by atoms with Crippen LogP contribution in [0.1, 0.15) is 26.2 Å². The molecular formula is C13H26N2O3S. The van der Waals surface area contributed by atoms with E-state index >= 15 is 0 Å². The van der Waals surface area contributed by atoms with E-state index in [0.29, 0.717) is 12.5 Å². The van der Waals surface area contributed by atoms with E-state index in [-0.39, 0.29) is 17.6 Å². The number of morpholine rings is 1. The molecule has 6 heteroatoms. The van der Waals surface area contributed by atoms with Crippen LogP contribution in [0.25, 0.3) is 0 Å². The van der Waals surface area contributed by atoms with Crippen molar-refractivity contribution in [1.82, 2.24) is 10.2 Å². The first-order chi connectivity index (χ1) is 9.11. The number of ether oxygens (including phenoxy) is 1. The summed E-state index contributed by atoms with van der Waals surface area (Å²) in [6, 6.07) is 0.644. The molecular weight excluding hydrogens is 264 g/mol. The number of rotatable bonds is 7. The van der Waals surface area contributed by atoms with Gasteiger partial charge in [-0.25, -0.2) is 8.42 Å². The molecule has 0 aliphatic carbocycles. The SMILES string of the molecule is CCS(=O)(=O)CCCNCC1CN2CCCC2CO1. The molecule has 0 radical (unpaired) electrons. The van der Waals surface area contributed by atoms with E-state index < -0.39 is 9.84 Å². The molecule has 19 heavy (non-hydrogen) atoms. The van der Waals surface area contributed by atoms with Gasteiger partial charge in [-0.3, -0.25) is 4.90 Å². The molecule has 1 N–H and O–H groups in total. The lowest BCUT2D eigenvalue weighted by molar-refractivity contribution is -0.0468. The number of nitrogens with one attached hydrogen (secondary N) is 1. The number of fused-ring (bicyclic) bond motifs is 1. The van der Waals surface area contributed by atoms with E-state index in [4.69, 9.17) is 4.74 Å². The Bertz CT molecular complexity index is 372. The van der Waals surface area contributed by atoms with Crippen LogP contribution in [-0.4, -0.2) is 69.8 Å². The third-order valence-corrected chi connectivity index (χ3v) is 5.87. The lowest BCUT2D eigenvalue weighted by atomic mass is 10.2. The number of hydrogen-bond acceptors (Lipinski definition) is 5. The molecule has 2 atom stereocenters. The second-order valence-electron chi connectivity index (χ2n) is 5.54. The Morgan fingerprint density at radius 1 is 1.42 bits per heavy atom. The molecule has 0 spiro atoms. The van der Waals surface area contributed by atoms with Gasteiger partial charge in [0.15, 0.2) is 0 Å². The molecule has 112 valence electrons. The molecule has 0 amide bonds. The first-order valence-corrected chi connectivity index (χ1v) is 9.19. The second-order valence-corrected chi connectivity index (χ2v) is 8.01. The number of nitrogens with zero attached hydrogens (tertiary/aromatic N) is 1. The summed E-state index contributed by atoms with van der Waals surface area (Å²) < 4.78 is 28.5. The van der Waals surface area contributed by atoms with Gasteiger partial charge < -0.3 is 10.1 Å². The van der Waals surface area contributed by atoms with Crippen molar-refractivity contribution < 1.29 is 13.2 Å². The molecule has 2 rings (SSSR count). The average Bonchev–Trinajstić information content (AvgIpc) is 2.85. The Hall–Kier alpha value is -0.170. The van der Waals surface area contributed by atoms with Crippen molar-refractivity contribution in [2.24, 2.45) is 0 Å². The maximum atomic E-state index is 11.3. The fourth-order valence-corrected chi connectivity index (χ4v) is 3.71. The molecule has 5 nitrogen and oxygen atoms in total. The van der Waals surface area contributed by atoms with E-state index in [2.05, 4.69) is 10.2 Å². The van der Waals surface area contributed by atoms with Crippen LogP contribution in [0.15, 0.2) is 0 Å². The summed E-state index contributed by atoms with van der Waals surface area (Å²) in [5, 5.41) is 3.32. The Morgan fingerprint density at radius 3 is 3.05 bits per heavy atom. The van der Waals surface area contributed by atoms with Gasteiger partial charge in [0.25, 0.3) is 0 Å². The molecule has 0 aromatic heterocycles. The highest BCUT2D eigenvalue weighted by Gasteiger charge is 2.31. The number of hydrogen-bond donors (Lipinski definition) is 1. The molecule has 0 bridgehead atoms. The van der Waals surface area contributed by atoms with E-state index in [1.54, 1.807) is 6.92 Å². The molecule has 2 aliphatic heterocycles. The minimum atomic E-state index is -2.82. The van der Waals surface area contributed by atoms with Gasteiger partial charge in [-0.1, -0.05) is 6.92 Å². The minimum absolute atomic E-state index is 0.245. The molecule has 2 aliphatic rings. The summed E-state index contributed by atoms with van der Waals surface area (Å²) in [5.74, 6) is 0.533. The molecule has 0 aromatic carbocycles. The zero-order chi connectivity index (χ0) is 13.7. The number of sulfone groups is 1. The van der Waals surface area contributed by atoms with E-state index in [1.807, 2.05) is 0 Å². The topological polar surface area (TPSA) is 58.6 Å². The summed E-state index contributed by atoms with van der Waals surface area (Å²) in [4.78, 5) is 2.53. The zero-order valence-corrected chi connectivity index (χ0v) is 12.6. The van der Waals surface area contributed by atoms with E-state index in [1.165, 1.54) is 19.4 Å². The third kappa shape index (κ3) is 4.70. The summed E-state index contributed by atoms with van der Waals surface area (Å²) in [5.41, 5.74) is 0.